The normalized spacial score (nSPS) is 23.6. The van der Waals surface area contributed by atoms with Gasteiger partial charge in [0.05, 0.1) is 6.61 Å². The Labute approximate surface area is 100 Å². The van der Waals surface area contributed by atoms with E-state index >= 15 is 0 Å². The molecule has 1 fully saturated rings. The third kappa shape index (κ3) is 3.44. The standard InChI is InChI=1S/C13H28N2O/c1-4-13(5-2,9-14)10-15-11(3)12-6-7-16-8-12/h11-12,15H,4-10,14H2,1-3H3. The molecule has 96 valence electrons. The summed E-state index contributed by atoms with van der Waals surface area (Å²) in [7, 11) is 0. The Kier molecular flexibility index (Phi) is 5.73. The van der Waals surface area contributed by atoms with Crippen molar-refractivity contribution in [1.82, 2.24) is 5.32 Å². The van der Waals surface area contributed by atoms with Crippen LogP contribution in [-0.2, 0) is 4.74 Å². The Bertz CT molecular complexity index is 178. The van der Waals surface area contributed by atoms with Crippen molar-refractivity contribution in [2.75, 3.05) is 26.3 Å². The van der Waals surface area contributed by atoms with Gasteiger partial charge in [-0.25, -0.2) is 0 Å². The van der Waals surface area contributed by atoms with E-state index in [0.717, 1.165) is 39.1 Å². The first kappa shape index (κ1) is 13.9. The molecule has 0 bridgehead atoms. The lowest BCUT2D eigenvalue weighted by molar-refractivity contribution is 0.173. The lowest BCUT2D eigenvalue weighted by atomic mass is 9.82. The van der Waals surface area contributed by atoms with Crippen LogP contribution in [0.1, 0.15) is 40.0 Å². The highest BCUT2D eigenvalue weighted by Crippen LogP contribution is 2.25. The van der Waals surface area contributed by atoms with E-state index in [2.05, 4.69) is 26.1 Å². The van der Waals surface area contributed by atoms with Crippen LogP contribution in [0.15, 0.2) is 0 Å². The fourth-order valence-electron chi connectivity index (χ4n) is 2.35. The van der Waals surface area contributed by atoms with Gasteiger partial charge in [-0.15, -0.1) is 0 Å². The average Bonchev–Trinajstić information content (AvgIpc) is 2.85. The molecule has 0 spiro atoms. The molecule has 1 saturated heterocycles. The van der Waals surface area contributed by atoms with E-state index in [1.54, 1.807) is 0 Å². The first-order chi connectivity index (χ1) is 7.67. The molecule has 0 aliphatic carbocycles. The second-order valence-corrected chi connectivity index (χ2v) is 5.20. The lowest BCUT2D eigenvalue weighted by Crippen LogP contribution is -2.45. The first-order valence-electron chi connectivity index (χ1n) is 6.68. The second kappa shape index (κ2) is 6.58. The lowest BCUT2D eigenvalue weighted by Gasteiger charge is -2.33. The Morgan fingerprint density at radius 1 is 1.44 bits per heavy atom. The van der Waals surface area contributed by atoms with Crippen LogP contribution < -0.4 is 11.1 Å². The SMILES string of the molecule is CCC(CC)(CN)CNC(C)C1CCOC1. The van der Waals surface area contributed by atoms with Gasteiger partial charge in [0, 0.05) is 19.2 Å². The molecule has 3 N–H and O–H groups in total. The molecule has 0 aromatic heterocycles. The van der Waals surface area contributed by atoms with Crippen molar-refractivity contribution in [2.45, 2.75) is 46.1 Å². The van der Waals surface area contributed by atoms with Gasteiger partial charge in [0.2, 0.25) is 0 Å². The van der Waals surface area contributed by atoms with Crippen LogP contribution in [0.25, 0.3) is 0 Å². The van der Waals surface area contributed by atoms with Crippen LogP contribution in [0.5, 0.6) is 0 Å². The van der Waals surface area contributed by atoms with E-state index in [1.165, 1.54) is 6.42 Å². The van der Waals surface area contributed by atoms with Gasteiger partial charge < -0.3 is 15.8 Å². The molecule has 3 heteroatoms. The summed E-state index contributed by atoms with van der Waals surface area (Å²) in [5, 5.41) is 3.66. The van der Waals surface area contributed by atoms with Crippen molar-refractivity contribution in [1.29, 1.82) is 0 Å². The van der Waals surface area contributed by atoms with E-state index in [1.807, 2.05) is 0 Å². The molecule has 1 heterocycles. The summed E-state index contributed by atoms with van der Waals surface area (Å²) in [5.74, 6) is 0.684. The summed E-state index contributed by atoms with van der Waals surface area (Å²) in [4.78, 5) is 0. The van der Waals surface area contributed by atoms with Crippen LogP contribution in [0.4, 0.5) is 0 Å². The zero-order valence-corrected chi connectivity index (χ0v) is 11.1. The molecule has 0 aromatic carbocycles. The third-order valence-electron chi connectivity index (χ3n) is 4.40. The molecule has 0 aromatic rings. The van der Waals surface area contributed by atoms with Gasteiger partial charge in [-0.2, -0.15) is 0 Å². The molecule has 16 heavy (non-hydrogen) atoms. The maximum Gasteiger partial charge on any atom is 0.0509 e. The molecule has 0 saturated carbocycles. The highest BCUT2D eigenvalue weighted by molar-refractivity contribution is 4.83. The van der Waals surface area contributed by atoms with E-state index < -0.39 is 0 Å². The molecule has 1 aliphatic heterocycles. The smallest absolute Gasteiger partial charge is 0.0509 e. The monoisotopic (exact) mass is 228 g/mol. The molecular formula is C13H28N2O. The van der Waals surface area contributed by atoms with Crippen LogP contribution >= 0.6 is 0 Å². The average molecular weight is 228 g/mol. The molecule has 0 amide bonds. The van der Waals surface area contributed by atoms with Gasteiger partial charge in [0.1, 0.15) is 0 Å². The summed E-state index contributed by atoms with van der Waals surface area (Å²) >= 11 is 0. The Morgan fingerprint density at radius 3 is 2.56 bits per heavy atom. The van der Waals surface area contributed by atoms with Crippen molar-refractivity contribution >= 4 is 0 Å². The fourth-order valence-corrected chi connectivity index (χ4v) is 2.35. The molecule has 2 unspecified atom stereocenters. The minimum absolute atomic E-state index is 0.285. The van der Waals surface area contributed by atoms with Crippen molar-refractivity contribution < 1.29 is 4.74 Å². The van der Waals surface area contributed by atoms with E-state index in [9.17, 15) is 0 Å². The van der Waals surface area contributed by atoms with E-state index in [0.29, 0.717) is 12.0 Å². The van der Waals surface area contributed by atoms with Crippen LogP contribution in [0, 0.1) is 11.3 Å². The number of nitrogens with two attached hydrogens (primary N) is 1. The summed E-state index contributed by atoms with van der Waals surface area (Å²) in [6, 6.07) is 0.548. The van der Waals surface area contributed by atoms with Crippen LogP contribution in [-0.4, -0.2) is 32.3 Å². The Balaban J connectivity index is 2.36. The molecule has 1 rings (SSSR count). The van der Waals surface area contributed by atoms with E-state index in [-0.39, 0.29) is 5.41 Å². The molecule has 0 radical (unpaired) electrons. The van der Waals surface area contributed by atoms with Gasteiger partial charge in [-0.3, -0.25) is 0 Å². The molecule has 3 nitrogen and oxygen atoms in total. The van der Waals surface area contributed by atoms with Crippen LogP contribution in [0.3, 0.4) is 0 Å². The summed E-state index contributed by atoms with van der Waals surface area (Å²) in [6.07, 6.45) is 3.50. The predicted molar refractivity (Wildman–Crippen MR) is 68.5 cm³/mol. The van der Waals surface area contributed by atoms with Crippen molar-refractivity contribution in [3.63, 3.8) is 0 Å². The Morgan fingerprint density at radius 2 is 2.12 bits per heavy atom. The van der Waals surface area contributed by atoms with Gasteiger partial charge >= 0.3 is 0 Å². The first-order valence-corrected chi connectivity index (χ1v) is 6.68. The van der Waals surface area contributed by atoms with Crippen molar-refractivity contribution in [3.8, 4) is 0 Å². The summed E-state index contributed by atoms with van der Waals surface area (Å²) in [6.45, 7) is 10.4. The summed E-state index contributed by atoms with van der Waals surface area (Å²) < 4.78 is 5.42. The quantitative estimate of drug-likeness (QED) is 0.698. The van der Waals surface area contributed by atoms with Gasteiger partial charge in [0.25, 0.3) is 0 Å². The second-order valence-electron chi connectivity index (χ2n) is 5.20. The number of hydrogen-bond donors (Lipinski definition) is 2. The van der Waals surface area contributed by atoms with E-state index in [4.69, 9.17) is 10.5 Å². The number of nitrogens with one attached hydrogen (secondary N) is 1. The minimum atomic E-state index is 0.285. The topological polar surface area (TPSA) is 47.3 Å². The molecule has 1 aliphatic rings. The maximum atomic E-state index is 5.90. The largest absolute Gasteiger partial charge is 0.381 e. The third-order valence-corrected chi connectivity index (χ3v) is 4.40. The fraction of sp³-hybridized carbons (Fsp3) is 1.00. The predicted octanol–water partition coefficient (Wildman–Crippen LogP) is 1.77. The zero-order chi connectivity index (χ0) is 12.0. The highest BCUT2D eigenvalue weighted by atomic mass is 16.5. The number of ether oxygens (including phenoxy) is 1. The molecular weight excluding hydrogens is 200 g/mol. The zero-order valence-electron chi connectivity index (χ0n) is 11.1. The van der Waals surface area contributed by atoms with Gasteiger partial charge in [-0.1, -0.05) is 13.8 Å². The van der Waals surface area contributed by atoms with Crippen molar-refractivity contribution in [2.24, 2.45) is 17.1 Å². The highest BCUT2D eigenvalue weighted by Gasteiger charge is 2.27. The van der Waals surface area contributed by atoms with Gasteiger partial charge in [0.15, 0.2) is 0 Å². The van der Waals surface area contributed by atoms with Crippen molar-refractivity contribution in [3.05, 3.63) is 0 Å². The number of rotatable bonds is 7. The Hall–Kier alpha value is -0.120. The van der Waals surface area contributed by atoms with Gasteiger partial charge in [-0.05, 0) is 44.1 Å². The summed E-state index contributed by atoms with van der Waals surface area (Å²) in [5.41, 5.74) is 6.19. The van der Waals surface area contributed by atoms with Crippen LogP contribution in [0.2, 0.25) is 0 Å². The number of hydrogen-bond acceptors (Lipinski definition) is 3. The minimum Gasteiger partial charge on any atom is -0.381 e. The maximum absolute atomic E-state index is 5.90. The molecule has 2 atom stereocenters.